The summed E-state index contributed by atoms with van der Waals surface area (Å²) in [6, 6.07) is 5.77. The molecule has 1 aromatic heterocycles. The van der Waals surface area contributed by atoms with Crippen LogP contribution in [0.2, 0.25) is 0 Å². The maximum Gasteiger partial charge on any atom is 0.169 e. The number of furan rings is 1. The molecule has 1 fully saturated rings. The van der Waals surface area contributed by atoms with Crippen molar-refractivity contribution in [3.05, 3.63) is 22.6 Å². The van der Waals surface area contributed by atoms with Crippen LogP contribution in [0.3, 0.4) is 0 Å². The van der Waals surface area contributed by atoms with E-state index in [-0.39, 0.29) is 0 Å². The number of aliphatic hydroxyl groups is 1. The number of aliphatic hydroxyl groups excluding tert-OH is 1. The van der Waals surface area contributed by atoms with Crippen LogP contribution in [0.25, 0.3) is 0 Å². The largest absolute Gasteiger partial charge is 0.452 e. The van der Waals surface area contributed by atoms with Gasteiger partial charge in [-0.1, -0.05) is 19.3 Å². The summed E-state index contributed by atoms with van der Waals surface area (Å²) in [7, 11) is 0. The molecular formula is C12H14BrNO2. The molecule has 1 aliphatic rings. The highest BCUT2D eigenvalue weighted by Crippen LogP contribution is 2.46. The van der Waals surface area contributed by atoms with Crippen molar-refractivity contribution in [3.63, 3.8) is 0 Å². The minimum atomic E-state index is -0.816. The molecule has 4 heteroatoms. The third kappa shape index (κ3) is 2.02. The average Bonchev–Trinajstić information content (AvgIpc) is 2.76. The van der Waals surface area contributed by atoms with Crippen molar-refractivity contribution in [1.82, 2.24) is 0 Å². The predicted molar refractivity (Wildman–Crippen MR) is 62.5 cm³/mol. The van der Waals surface area contributed by atoms with E-state index in [0.29, 0.717) is 10.4 Å². The Morgan fingerprint density at radius 3 is 2.56 bits per heavy atom. The Hall–Kier alpha value is -0.790. The molecule has 1 atom stereocenters. The Kier molecular flexibility index (Phi) is 3.36. The van der Waals surface area contributed by atoms with Gasteiger partial charge in [-0.25, -0.2) is 0 Å². The number of nitriles is 1. The normalized spacial score (nSPS) is 21.3. The van der Waals surface area contributed by atoms with Gasteiger partial charge in [0.15, 0.2) is 4.67 Å². The molecule has 1 N–H and O–H groups in total. The topological polar surface area (TPSA) is 57.2 Å². The molecule has 3 nitrogen and oxygen atoms in total. The van der Waals surface area contributed by atoms with E-state index in [1.807, 2.05) is 0 Å². The quantitative estimate of drug-likeness (QED) is 0.903. The lowest BCUT2D eigenvalue weighted by molar-refractivity contribution is 0.0192. The van der Waals surface area contributed by atoms with E-state index in [1.54, 1.807) is 12.1 Å². The Labute approximate surface area is 103 Å². The summed E-state index contributed by atoms with van der Waals surface area (Å²) in [5.74, 6) is 0.482. The van der Waals surface area contributed by atoms with Crippen molar-refractivity contribution in [2.75, 3.05) is 0 Å². The fourth-order valence-electron chi connectivity index (χ4n) is 2.38. The minimum Gasteiger partial charge on any atom is -0.452 e. The summed E-state index contributed by atoms with van der Waals surface area (Å²) < 4.78 is 5.93. The van der Waals surface area contributed by atoms with Gasteiger partial charge in [-0.15, -0.1) is 0 Å². The van der Waals surface area contributed by atoms with Crippen LogP contribution in [0.1, 0.15) is 44.0 Å². The predicted octanol–water partition coefficient (Wildman–Crippen LogP) is 3.55. The third-order valence-electron chi connectivity index (χ3n) is 3.36. The molecule has 0 aromatic carbocycles. The van der Waals surface area contributed by atoms with Crippen LogP contribution in [-0.4, -0.2) is 5.11 Å². The zero-order valence-electron chi connectivity index (χ0n) is 8.95. The summed E-state index contributed by atoms with van der Waals surface area (Å²) in [6.45, 7) is 0. The monoisotopic (exact) mass is 283 g/mol. The highest BCUT2D eigenvalue weighted by atomic mass is 79.9. The van der Waals surface area contributed by atoms with Crippen molar-refractivity contribution in [2.45, 2.75) is 38.2 Å². The average molecular weight is 284 g/mol. The highest BCUT2D eigenvalue weighted by molar-refractivity contribution is 9.10. The van der Waals surface area contributed by atoms with Crippen LogP contribution >= 0.6 is 15.9 Å². The number of hydrogen-bond acceptors (Lipinski definition) is 3. The molecule has 0 aliphatic heterocycles. The molecule has 0 bridgehead atoms. The second kappa shape index (κ2) is 4.60. The molecule has 0 radical (unpaired) electrons. The number of nitrogens with zero attached hydrogens (tertiary/aromatic N) is 1. The summed E-state index contributed by atoms with van der Waals surface area (Å²) in [5, 5.41) is 19.6. The van der Waals surface area contributed by atoms with Gasteiger partial charge < -0.3 is 9.52 Å². The Morgan fingerprint density at radius 2 is 2.06 bits per heavy atom. The molecule has 1 aromatic rings. The standard InChI is InChI=1S/C12H14BrNO2/c13-10-5-4-9(16-10)11(15)12(8-14)6-2-1-3-7-12/h4-5,11,15H,1-3,6-7H2. The molecule has 1 aliphatic carbocycles. The lowest BCUT2D eigenvalue weighted by atomic mass is 9.70. The van der Waals surface area contributed by atoms with Gasteiger partial charge in [0.25, 0.3) is 0 Å². The van der Waals surface area contributed by atoms with Crippen LogP contribution in [0.15, 0.2) is 21.2 Å². The number of halogens is 1. The van der Waals surface area contributed by atoms with Gasteiger partial charge >= 0.3 is 0 Å². The van der Waals surface area contributed by atoms with E-state index < -0.39 is 11.5 Å². The van der Waals surface area contributed by atoms with E-state index in [2.05, 4.69) is 22.0 Å². The van der Waals surface area contributed by atoms with Gasteiger partial charge in [0.1, 0.15) is 11.9 Å². The Bertz CT molecular complexity index is 401. The third-order valence-corrected chi connectivity index (χ3v) is 3.78. The number of hydrogen-bond donors (Lipinski definition) is 1. The van der Waals surface area contributed by atoms with Crippen molar-refractivity contribution in [1.29, 1.82) is 5.26 Å². The molecular weight excluding hydrogens is 270 g/mol. The molecule has 0 amide bonds. The van der Waals surface area contributed by atoms with E-state index in [1.165, 1.54) is 0 Å². The molecule has 1 heterocycles. The smallest absolute Gasteiger partial charge is 0.169 e. The van der Waals surface area contributed by atoms with Crippen molar-refractivity contribution in [2.24, 2.45) is 5.41 Å². The van der Waals surface area contributed by atoms with E-state index in [4.69, 9.17) is 4.42 Å². The van der Waals surface area contributed by atoms with Crippen LogP contribution in [0.4, 0.5) is 0 Å². The first kappa shape index (κ1) is 11.7. The maximum atomic E-state index is 10.3. The lowest BCUT2D eigenvalue weighted by Crippen LogP contribution is -2.29. The van der Waals surface area contributed by atoms with E-state index in [0.717, 1.165) is 32.1 Å². The van der Waals surface area contributed by atoms with Crippen LogP contribution in [0, 0.1) is 16.7 Å². The Balaban J connectivity index is 2.24. The summed E-state index contributed by atoms with van der Waals surface area (Å²) in [5.41, 5.74) is -0.657. The van der Waals surface area contributed by atoms with Crippen LogP contribution in [-0.2, 0) is 0 Å². The maximum absolute atomic E-state index is 10.3. The lowest BCUT2D eigenvalue weighted by Gasteiger charge is -2.33. The van der Waals surface area contributed by atoms with Gasteiger partial charge in [-0.3, -0.25) is 0 Å². The first-order chi connectivity index (χ1) is 7.68. The molecule has 0 spiro atoms. The highest BCUT2D eigenvalue weighted by Gasteiger charge is 2.41. The summed E-state index contributed by atoms with van der Waals surface area (Å²) in [4.78, 5) is 0. The van der Waals surface area contributed by atoms with Crippen molar-refractivity contribution in [3.8, 4) is 6.07 Å². The SMILES string of the molecule is N#CC1(C(O)c2ccc(Br)o2)CCCCC1. The van der Waals surface area contributed by atoms with Gasteiger partial charge in [0, 0.05) is 0 Å². The fraction of sp³-hybridized carbons (Fsp3) is 0.583. The second-order valence-electron chi connectivity index (χ2n) is 4.37. The molecule has 2 rings (SSSR count). The molecule has 1 saturated carbocycles. The first-order valence-electron chi connectivity index (χ1n) is 5.52. The molecule has 0 saturated heterocycles. The van der Waals surface area contributed by atoms with E-state index >= 15 is 0 Å². The summed E-state index contributed by atoms with van der Waals surface area (Å²) in [6.07, 6.45) is 3.85. The second-order valence-corrected chi connectivity index (χ2v) is 5.15. The van der Waals surface area contributed by atoms with E-state index in [9.17, 15) is 10.4 Å². The van der Waals surface area contributed by atoms with Gasteiger partial charge in [-0.05, 0) is 40.9 Å². The fourth-order valence-corrected chi connectivity index (χ4v) is 2.70. The van der Waals surface area contributed by atoms with Crippen LogP contribution < -0.4 is 0 Å². The molecule has 86 valence electrons. The zero-order chi connectivity index (χ0) is 11.6. The Morgan fingerprint density at radius 1 is 1.38 bits per heavy atom. The van der Waals surface area contributed by atoms with Crippen molar-refractivity contribution < 1.29 is 9.52 Å². The summed E-state index contributed by atoms with van der Waals surface area (Å²) >= 11 is 3.20. The van der Waals surface area contributed by atoms with Gasteiger partial charge in [0.2, 0.25) is 0 Å². The van der Waals surface area contributed by atoms with Crippen LogP contribution in [0.5, 0.6) is 0 Å². The molecule has 16 heavy (non-hydrogen) atoms. The van der Waals surface area contributed by atoms with Gasteiger partial charge in [-0.2, -0.15) is 5.26 Å². The zero-order valence-corrected chi connectivity index (χ0v) is 10.5. The molecule has 1 unspecified atom stereocenters. The van der Waals surface area contributed by atoms with Gasteiger partial charge in [0.05, 0.1) is 11.5 Å². The minimum absolute atomic E-state index is 0.482. The van der Waals surface area contributed by atoms with Crippen molar-refractivity contribution >= 4 is 15.9 Å². The first-order valence-corrected chi connectivity index (χ1v) is 6.32. The number of rotatable bonds is 2.